The number of carboxylic acids is 1. The van der Waals surface area contributed by atoms with Gasteiger partial charge in [-0.3, -0.25) is 9.56 Å². The summed E-state index contributed by atoms with van der Waals surface area (Å²) in [4.78, 5) is 26.6. The number of para-hydroxylation sites is 1. The van der Waals surface area contributed by atoms with E-state index < -0.39 is 5.97 Å². The van der Waals surface area contributed by atoms with Gasteiger partial charge in [0.25, 0.3) is 0 Å². The molecule has 6 rings (SSSR count). The molecule has 1 fully saturated rings. The van der Waals surface area contributed by atoms with Crippen molar-refractivity contribution in [3.8, 4) is 5.82 Å². The number of aromatic carboxylic acids is 1. The standard InChI is InChI=1S/C34H36N8O2S/c1-5-34(15-8-9-20(2)17-34)19-36-22(4)25(18-35)24-12-13-28(38-29(24)32(43)44)42-16-14-23-21(3)30(40-41-31(23)42)39-33-37-26-10-6-7-11-27(26)45-33/h6-7,10-14,16,18H,2,5,8-9,15,17,19,35H2,1,3-4H3,(H,43,44)(H,37,39,40). The van der Waals surface area contributed by atoms with Crippen molar-refractivity contribution in [1.29, 1.82) is 0 Å². The number of anilines is 2. The van der Waals surface area contributed by atoms with E-state index in [4.69, 9.17) is 10.7 Å². The van der Waals surface area contributed by atoms with Crippen LogP contribution in [0.1, 0.15) is 67.6 Å². The topological polar surface area (TPSA) is 144 Å². The maximum absolute atomic E-state index is 12.5. The van der Waals surface area contributed by atoms with Crippen LogP contribution in [0, 0.1) is 12.3 Å². The second-order valence-corrected chi connectivity index (χ2v) is 12.7. The van der Waals surface area contributed by atoms with Gasteiger partial charge in [0, 0.05) is 46.7 Å². The van der Waals surface area contributed by atoms with E-state index in [0.717, 1.165) is 58.4 Å². The van der Waals surface area contributed by atoms with Gasteiger partial charge < -0.3 is 16.2 Å². The average Bonchev–Trinajstić information content (AvgIpc) is 3.66. The minimum atomic E-state index is -1.16. The van der Waals surface area contributed by atoms with E-state index in [0.29, 0.717) is 40.7 Å². The number of allylic oxidation sites excluding steroid dienone is 2. The molecule has 1 aliphatic carbocycles. The van der Waals surface area contributed by atoms with Gasteiger partial charge in [-0.15, -0.1) is 10.2 Å². The van der Waals surface area contributed by atoms with Gasteiger partial charge in [0.1, 0.15) is 5.82 Å². The molecule has 5 aromatic rings. The summed E-state index contributed by atoms with van der Waals surface area (Å²) in [6.45, 7) is 10.9. The maximum atomic E-state index is 12.5. The van der Waals surface area contributed by atoms with Crippen LogP contribution in [0.2, 0.25) is 0 Å². The Balaban J connectivity index is 1.30. The van der Waals surface area contributed by atoms with E-state index in [1.165, 1.54) is 11.8 Å². The third-order valence-corrected chi connectivity index (χ3v) is 9.77. The third kappa shape index (κ3) is 5.83. The van der Waals surface area contributed by atoms with Gasteiger partial charge in [0.15, 0.2) is 22.3 Å². The van der Waals surface area contributed by atoms with Gasteiger partial charge in [-0.1, -0.05) is 42.5 Å². The first-order valence-electron chi connectivity index (χ1n) is 15.0. The van der Waals surface area contributed by atoms with E-state index in [1.54, 1.807) is 28.0 Å². The number of pyridine rings is 1. The molecule has 0 saturated heterocycles. The van der Waals surface area contributed by atoms with Crippen molar-refractivity contribution in [2.24, 2.45) is 16.1 Å². The molecule has 11 heteroatoms. The van der Waals surface area contributed by atoms with Crippen molar-refractivity contribution in [1.82, 2.24) is 24.7 Å². The van der Waals surface area contributed by atoms with Crippen molar-refractivity contribution in [3.63, 3.8) is 0 Å². The number of nitrogens with two attached hydrogens (primary N) is 1. The lowest BCUT2D eigenvalue weighted by Gasteiger charge is -2.36. The summed E-state index contributed by atoms with van der Waals surface area (Å²) in [6.07, 6.45) is 8.50. The molecule has 1 aromatic carbocycles. The molecule has 10 nitrogen and oxygen atoms in total. The molecule has 1 aliphatic rings. The Kier molecular flexibility index (Phi) is 8.20. The van der Waals surface area contributed by atoms with Gasteiger partial charge in [-0.05, 0) is 81.7 Å². The number of nitrogens with one attached hydrogen (secondary N) is 1. The summed E-state index contributed by atoms with van der Waals surface area (Å²) in [5.41, 5.74) is 11.3. The molecule has 1 unspecified atom stereocenters. The number of hydrogen-bond donors (Lipinski definition) is 3. The summed E-state index contributed by atoms with van der Waals surface area (Å²) in [5, 5.41) is 24.0. The minimum absolute atomic E-state index is 0.0759. The first kappa shape index (κ1) is 30.1. The number of nitrogens with zero attached hydrogens (tertiary/aromatic N) is 6. The summed E-state index contributed by atoms with van der Waals surface area (Å²) < 4.78 is 2.82. The number of carbonyl (C=O) groups is 1. The normalized spacial score (nSPS) is 17.7. The molecule has 1 saturated carbocycles. The Bertz CT molecular complexity index is 1970. The van der Waals surface area contributed by atoms with Crippen LogP contribution >= 0.6 is 11.3 Å². The largest absolute Gasteiger partial charge is 0.476 e. The molecule has 4 N–H and O–H groups in total. The smallest absolute Gasteiger partial charge is 0.355 e. The van der Waals surface area contributed by atoms with Gasteiger partial charge in [-0.25, -0.2) is 14.8 Å². The number of fused-ring (bicyclic) bond motifs is 2. The molecule has 0 radical (unpaired) electrons. The number of hydrogen-bond acceptors (Lipinski definition) is 9. The predicted octanol–water partition coefficient (Wildman–Crippen LogP) is 7.46. The van der Waals surface area contributed by atoms with Crippen LogP contribution in [0.5, 0.6) is 0 Å². The van der Waals surface area contributed by atoms with Gasteiger partial charge >= 0.3 is 5.97 Å². The molecular weight excluding hydrogens is 584 g/mol. The quantitative estimate of drug-likeness (QED) is 0.114. The first-order valence-corrected chi connectivity index (χ1v) is 15.9. The summed E-state index contributed by atoms with van der Waals surface area (Å²) in [7, 11) is 0. The number of aromatic nitrogens is 5. The van der Waals surface area contributed by atoms with Gasteiger partial charge in [0.05, 0.1) is 10.2 Å². The first-order chi connectivity index (χ1) is 21.7. The third-order valence-electron chi connectivity index (χ3n) is 8.82. The van der Waals surface area contributed by atoms with Crippen LogP contribution in [-0.2, 0) is 0 Å². The lowest BCUT2D eigenvalue weighted by atomic mass is 9.70. The number of carboxylic acid groups (broad SMARTS) is 1. The van der Waals surface area contributed by atoms with Crippen LogP contribution in [0.15, 0.2) is 72.0 Å². The second-order valence-electron chi connectivity index (χ2n) is 11.7. The molecule has 45 heavy (non-hydrogen) atoms. The second kappa shape index (κ2) is 12.2. The fourth-order valence-corrected chi connectivity index (χ4v) is 7.02. The highest BCUT2D eigenvalue weighted by molar-refractivity contribution is 7.22. The average molecular weight is 621 g/mol. The molecule has 230 valence electrons. The Morgan fingerprint density at radius 1 is 1.22 bits per heavy atom. The van der Waals surface area contributed by atoms with Crippen LogP contribution < -0.4 is 11.1 Å². The molecule has 1 atom stereocenters. The van der Waals surface area contributed by atoms with Gasteiger partial charge in [0.2, 0.25) is 0 Å². The fourth-order valence-electron chi connectivity index (χ4n) is 6.16. The Morgan fingerprint density at radius 3 is 2.78 bits per heavy atom. The molecule has 4 heterocycles. The predicted molar refractivity (Wildman–Crippen MR) is 182 cm³/mol. The number of rotatable bonds is 9. The summed E-state index contributed by atoms with van der Waals surface area (Å²) in [5.74, 6) is -0.152. The number of aliphatic imine (C=N–C) groups is 1. The van der Waals surface area contributed by atoms with Crippen LogP contribution in [0.4, 0.5) is 10.9 Å². The Morgan fingerprint density at radius 2 is 2.04 bits per heavy atom. The zero-order valence-corrected chi connectivity index (χ0v) is 26.5. The van der Waals surface area contributed by atoms with Crippen molar-refractivity contribution in [2.45, 2.75) is 52.9 Å². The Hall–Kier alpha value is -4.90. The molecule has 0 spiro atoms. The lowest BCUT2D eigenvalue weighted by molar-refractivity contribution is 0.0690. The van der Waals surface area contributed by atoms with E-state index in [2.05, 4.69) is 39.0 Å². The van der Waals surface area contributed by atoms with E-state index in [9.17, 15) is 9.90 Å². The van der Waals surface area contributed by atoms with Crippen molar-refractivity contribution in [2.75, 3.05) is 11.9 Å². The zero-order chi connectivity index (χ0) is 31.7. The van der Waals surface area contributed by atoms with Crippen molar-refractivity contribution < 1.29 is 9.90 Å². The molecule has 0 amide bonds. The van der Waals surface area contributed by atoms with E-state index >= 15 is 0 Å². The SMILES string of the molecule is C=C1CCCC(CC)(CN=C(C)C(=CN)c2ccc(-n3ccc4c(C)c(Nc5nc6ccccc6s5)nnc43)nc2C(=O)O)C1. The fraction of sp³-hybridized carbons (Fsp3) is 0.294. The monoisotopic (exact) mass is 620 g/mol. The van der Waals surface area contributed by atoms with Crippen molar-refractivity contribution >= 4 is 60.8 Å². The summed E-state index contributed by atoms with van der Waals surface area (Å²) in [6, 6.07) is 13.4. The zero-order valence-electron chi connectivity index (χ0n) is 25.7. The van der Waals surface area contributed by atoms with Crippen LogP contribution in [-0.4, -0.2) is 48.1 Å². The van der Waals surface area contributed by atoms with E-state index in [-0.39, 0.29) is 11.1 Å². The minimum Gasteiger partial charge on any atom is -0.476 e. The lowest BCUT2D eigenvalue weighted by Crippen LogP contribution is -2.28. The van der Waals surface area contributed by atoms with Crippen molar-refractivity contribution in [3.05, 3.63) is 83.8 Å². The van der Waals surface area contributed by atoms with Crippen LogP contribution in [0.3, 0.4) is 0 Å². The number of benzene rings is 1. The Labute approximate surface area is 265 Å². The molecule has 4 aromatic heterocycles. The number of aryl methyl sites for hydroxylation is 1. The van der Waals surface area contributed by atoms with E-state index in [1.807, 2.05) is 50.4 Å². The highest BCUT2D eigenvalue weighted by atomic mass is 32.1. The highest BCUT2D eigenvalue weighted by Gasteiger charge is 2.31. The maximum Gasteiger partial charge on any atom is 0.355 e. The van der Waals surface area contributed by atoms with Gasteiger partial charge in [-0.2, -0.15) is 0 Å². The highest BCUT2D eigenvalue weighted by Crippen LogP contribution is 2.41. The molecule has 0 aliphatic heterocycles. The summed E-state index contributed by atoms with van der Waals surface area (Å²) >= 11 is 1.54. The molecular formula is C34H36N8O2S. The molecule has 0 bridgehead atoms. The van der Waals surface area contributed by atoms with Crippen LogP contribution in [0.25, 0.3) is 32.6 Å². The number of thiazole rings is 1.